The maximum atomic E-state index is 13.7. The molecule has 38 heavy (non-hydrogen) atoms. The molecule has 6 nitrogen and oxygen atoms in total. The van der Waals surface area contributed by atoms with Crippen molar-refractivity contribution in [3.8, 4) is 0 Å². The number of hydrogen-bond donors (Lipinski definition) is 2. The Kier molecular flexibility index (Phi) is 10.1. The number of aliphatic hydroxyl groups excluding tert-OH is 1. The lowest BCUT2D eigenvalue weighted by Gasteiger charge is -2.31. The number of rotatable bonds is 10. The van der Waals surface area contributed by atoms with Crippen molar-refractivity contribution in [3.63, 3.8) is 0 Å². The van der Waals surface area contributed by atoms with Crippen molar-refractivity contribution in [2.24, 2.45) is 5.92 Å². The Labute approximate surface area is 221 Å². The van der Waals surface area contributed by atoms with Crippen molar-refractivity contribution in [1.29, 1.82) is 0 Å². The number of halogens is 3. The van der Waals surface area contributed by atoms with Crippen molar-refractivity contribution >= 4 is 11.7 Å². The molecule has 0 bridgehead atoms. The fourth-order valence-corrected chi connectivity index (χ4v) is 4.53. The topological polar surface area (TPSA) is 79.2 Å². The second-order valence-corrected chi connectivity index (χ2v) is 9.19. The van der Waals surface area contributed by atoms with Crippen LogP contribution in [0.5, 0.6) is 0 Å². The lowest BCUT2D eigenvalue weighted by atomic mass is 9.82. The van der Waals surface area contributed by atoms with E-state index in [2.05, 4.69) is 0 Å². The molecule has 0 spiro atoms. The smallest absolute Gasteiger partial charge is 0.416 e. The second kappa shape index (κ2) is 13.1. The van der Waals surface area contributed by atoms with Gasteiger partial charge in [-0.05, 0) is 53.8 Å². The molecular weight excluding hydrogens is 499 g/mol. The van der Waals surface area contributed by atoms with E-state index in [0.29, 0.717) is 23.3 Å². The largest absolute Gasteiger partial charge is 0.445 e. The number of carbonyl (C=O) groups is 1. The third-order valence-electron chi connectivity index (χ3n) is 6.32. The summed E-state index contributed by atoms with van der Waals surface area (Å²) in [6, 6.07) is 12.6. The van der Waals surface area contributed by atoms with Crippen LogP contribution in [0.15, 0.2) is 66.3 Å². The quantitative estimate of drug-likeness (QED) is 0.370. The molecule has 0 fully saturated rings. The zero-order chi connectivity index (χ0) is 27.9. The van der Waals surface area contributed by atoms with Crippen LogP contribution in [0.2, 0.25) is 0 Å². The lowest BCUT2D eigenvalue weighted by Crippen LogP contribution is -2.32. The molecule has 2 unspecified atom stereocenters. The fraction of sp³-hybridized carbons (Fsp3) is 0.414. The number of carbonyl (C=O) groups excluding carboxylic acids is 1. The molecule has 9 heteroatoms. The molecule has 1 aliphatic rings. The van der Waals surface area contributed by atoms with E-state index in [0.717, 1.165) is 17.7 Å². The first kappa shape index (κ1) is 29.4. The molecule has 0 heterocycles. The normalized spacial score (nSPS) is 17.7. The summed E-state index contributed by atoms with van der Waals surface area (Å²) in [5.41, 5.74) is 2.00. The SMILES string of the molecule is CCOC1C(c2ccc(C(F)(F)F)cc2CN(CC)C(=O)OCc2ccccc2)=CC(CC(O)O)=CC1C. The summed E-state index contributed by atoms with van der Waals surface area (Å²) in [7, 11) is 0. The van der Waals surface area contributed by atoms with Crippen molar-refractivity contribution in [2.75, 3.05) is 13.2 Å². The van der Waals surface area contributed by atoms with E-state index in [1.54, 1.807) is 13.0 Å². The Morgan fingerprint density at radius 2 is 1.82 bits per heavy atom. The summed E-state index contributed by atoms with van der Waals surface area (Å²) in [6.07, 6.45) is -3.68. The van der Waals surface area contributed by atoms with Crippen molar-refractivity contribution < 1.29 is 37.7 Å². The monoisotopic (exact) mass is 533 g/mol. The maximum Gasteiger partial charge on any atom is 0.416 e. The maximum absolute atomic E-state index is 13.7. The van der Waals surface area contributed by atoms with Gasteiger partial charge in [-0.15, -0.1) is 0 Å². The molecule has 0 radical (unpaired) electrons. The summed E-state index contributed by atoms with van der Waals surface area (Å²) in [6.45, 7) is 5.98. The highest BCUT2D eigenvalue weighted by atomic mass is 19.4. The molecule has 2 aromatic carbocycles. The molecule has 0 saturated carbocycles. The highest BCUT2D eigenvalue weighted by Crippen LogP contribution is 2.38. The number of benzene rings is 2. The molecule has 1 aliphatic carbocycles. The summed E-state index contributed by atoms with van der Waals surface area (Å²) in [5.74, 6) is -0.169. The standard InChI is InChI=1S/C29H34F3NO5/c1-4-33(28(36)38-18-20-9-7-6-8-10-20)17-22-16-23(29(30,31)32)11-12-24(22)25-14-21(15-26(34)35)13-19(3)27(25)37-5-2/h6-14,16,19,26-27,34-35H,4-5,15,17-18H2,1-3H3. The van der Waals surface area contributed by atoms with Crippen LogP contribution in [0.25, 0.3) is 5.57 Å². The van der Waals surface area contributed by atoms with Gasteiger partial charge in [-0.2, -0.15) is 13.2 Å². The fourth-order valence-electron chi connectivity index (χ4n) is 4.53. The number of ether oxygens (including phenoxy) is 2. The predicted molar refractivity (Wildman–Crippen MR) is 138 cm³/mol. The minimum absolute atomic E-state index is 0.0322. The van der Waals surface area contributed by atoms with E-state index in [-0.39, 0.29) is 37.6 Å². The van der Waals surface area contributed by atoms with Gasteiger partial charge in [0.05, 0.1) is 11.7 Å². The van der Waals surface area contributed by atoms with Crippen LogP contribution in [0.3, 0.4) is 0 Å². The van der Waals surface area contributed by atoms with Crippen LogP contribution in [0.1, 0.15) is 49.4 Å². The van der Waals surface area contributed by atoms with Crippen molar-refractivity contribution in [1.82, 2.24) is 4.90 Å². The van der Waals surface area contributed by atoms with Crippen LogP contribution in [0.4, 0.5) is 18.0 Å². The Morgan fingerprint density at radius 1 is 1.11 bits per heavy atom. The van der Waals surface area contributed by atoms with Crippen molar-refractivity contribution in [3.05, 3.63) is 88.5 Å². The molecule has 2 N–H and O–H groups in total. The zero-order valence-corrected chi connectivity index (χ0v) is 21.7. The number of allylic oxidation sites excluding steroid dienone is 1. The molecule has 0 saturated heterocycles. The van der Waals surface area contributed by atoms with E-state index in [1.807, 2.05) is 50.3 Å². The average Bonchev–Trinajstić information content (AvgIpc) is 2.87. The molecule has 0 aliphatic heterocycles. The van der Waals surface area contributed by atoms with Gasteiger partial charge in [0.2, 0.25) is 0 Å². The third-order valence-corrected chi connectivity index (χ3v) is 6.32. The van der Waals surface area contributed by atoms with Gasteiger partial charge in [-0.25, -0.2) is 4.79 Å². The number of hydrogen-bond acceptors (Lipinski definition) is 5. The van der Waals surface area contributed by atoms with Gasteiger partial charge in [0.15, 0.2) is 6.29 Å². The number of aliphatic hydroxyl groups is 2. The molecule has 206 valence electrons. The van der Waals surface area contributed by atoms with Crippen molar-refractivity contribution in [2.45, 2.75) is 58.9 Å². The van der Waals surface area contributed by atoms with Crippen LogP contribution in [-0.4, -0.2) is 46.8 Å². The van der Waals surface area contributed by atoms with Crippen LogP contribution < -0.4 is 0 Å². The Bertz CT molecular complexity index is 1140. The van der Waals surface area contributed by atoms with Gasteiger partial charge in [-0.3, -0.25) is 0 Å². The summed E-state index contributed by atoms with van der Waals surface area (Å²) >= 11 is 0. The average molecular weight is 534 g/mol. The van der Waals surface area contributed by atoms with E-state index >= 15 is 0 Å². The Balaban J connectivity index is 1.99. The molecular formula is C29H34F3NO5. The number of alkyl halides is 3. The highest BCUT2D eigenvalue weighted by Gasteiger charge is 2.33. The molecule has 2 atom stereocenters. The van der Waals surface area contributed by atoms with Gasteiger partial charge in [0, 0.05) is 32.0 Å². The van der Waals surface area contributed by atoms with E-state index < -0.39 is 30.2 Å². The lowest BCUT2D eigenvalue weighted by molar-refractivity contribution is -0.137. The Morgan fingerprint density at radius 3 is 2.42 bits per heavy atom. The molecule has 0 aromatic heterocycles. The van der Waals surface area contributed by atoms with E-state index in [4.69, 9.17) is 9.47 Å². The minimum Gasteiger partial charge on any atom is -0.445 e. The first-order valence-corrected chi connectivity index (χ1v) is 12.6. The minimum atomic E-state index is -4.57. The number of nitrogens with zero attached hydrogens (tertiary/aromatic N) is 1. The summed E-state index contributed by atoms with van der Waals surface area (Å²) in [4.78, 5) is 14.2. The Hall–Kier alpha value is -3.14. The van der Waals surface area contributed by atoms with E-state index in [9.17, 15) is 28.2 Å². The summed E-state index contributed by atoms with van der Waals surface area (Å²) < 4.78 is 52.5. The molecule has 3 rings (SSSR count). The van der Waals surface area contributed by atoms with E-state index in [1.165, 1.54) is 11.0 Å². The van der Waals surface area contributed by atoms with Gasteiger partial charge >= 0.3 is 12.3 Å². The predicted octanol–water partition coefficient (Wildman–Crippen LogP) is 5.93. The first-order valence-electron chi connectivity index (χ1n) is 12.6. The van der Waals surface area contributed by atoms with Gasteiger partial charge < -0.3 is 24.6 Å². The molecule has 1 amide bonds. The third kappa shape index (κ3) is 7.69. The van der Waals surface area contributed by atoms with Gasteiger partial charge in [0.1, 0.15) is 6.61 Å². The molecule has 2 aromatic rings. The number of amides is 1. The second-order valence-electron chi connectivity index (χ2n) is 9.19. The zero-order valence-electron chi connectivity index (χ0n) is 21.7. The van der Waals surface area contributed by atoms with Gasteiger partial charge in [-0.1, -0.05) is 55.5 Å². The van der Waals surface area contributed by atoms with Crippen LogP contribution in [0, 0.1) is 5.92 Å². The summed E-state index contributed by atoms with van der Waals surface area (Å²) in [5, 5.41) is 19.0. The van der Waals surface area contributed by atoms with Gasteiger partial charge in [0.25, 0.3) is 0 Å². The van der Waals surface area contributed by atoms with Crippen LogP contribution in [-0.2, 0) is 28.8 Å². The highest BCUT2D eigenvalue weighted by molar-refractivity contribution is 5.76. The van der Waals surface area contributed by atoms with Crippen LogP contribution >= 0.6 is 0 Å². The first-order chi connectivity index (χ1) is 18.0.